The standard InChI is InChI=1S/C11H14N2O/c1-9(7-12)14-11-5-3-4-10(6-11)8-13-2/h3-6,9,13H,8H2,1-2H3. The van der Waals surface area contributed by atoms with E-state index in [1.54, 1.807) is 6.92 Å². The number of hydrogen-bond donors (Lipinski definition) is 1. The van der Waals surface area contributed by atoms with Gasteiger partial charge in [0.25, 0.3) is 0 Å². The fourth-order valence-corrected chi connectivity index (χ4v) is 1.16. The first-order valence-corrected chi connectivity index (χ1v) is 4.56. The van der Waals surface area contributed by atoms with E-state index in [0.29, 0.717) is 0 Å². The van der Waals surface area contributed by atoms with Gasteiger partial charge in [-0.3, -0.25) is 0 Å². The highest BCUT2D eigenvalue weighted by Crippen LogP contribution is 2.14. The molecule has 14 heavy (non-hydrogen) atoms. The van der Waals surface area contributed by atoms with E-state index < -0.39 is 6.10 Å². The smallest absolute Gasteiger partial charge is 0.181 e. The Hall–Kier alpha value is -1.53. The summed E-state index contributed by atoms with van der Waals surface area (Å²) in [5.41, 5.74) is 1.15. The van der Waals surface area contributed by atoms with Crippen LogP contribution in [-0.4, -0.2) is 13.2 Å². The Morgan fingerprint density at radius 2 is 2.36 bits per heavy atom. The molecule has 1 N–H and O–H groups in total. The number of nitrogens with zero attached hydrogens (tertiary/aromatic N) is 1. The van der Waals surface area contributed by atoms with Crippen LogP contribution in [0, 0.1) is 11.3 Å². The number of rotatable bonds is 4. The molecule has 0 aliphatic carbocycles. The van der Waals surface area contributed by atoms with Crippen molar-refractivity contribution in [2.24, 2.45) is 0 Å². The second kappa shape index (κ2) is 5.25. The van der Waals surface area contributed by atoms with Crippen LogP contribution in [0.3, 0.4) is 0 Å². The predicted octanol–water partition coefficient (Wildman–Crippen LogP) is 1.70. The molecule has 0 aromatic heterocycles. The van der Waals surface area contributed by atoms with Gasteiger partial charge in [-0.2, -0.15) is 5.26 Å². The van der Waals surface area contributed by atoms with Gasteiger partial charge in [-0.05, 0) is 31.7 Å². The van der Waals surface area contributed by atoms with E-state index in [9.17, 15) is 0 Å². The third-order valence-electron chi connectivity index (χ3n) is 1.77. The third kappa shape index (κ3) is 3.08. The van der Waals surface area contributed by atoms with Gasteiger partial charge in [0, 0.05) is 6.54 Å². The molecule has 1 rings (SSSR count). The summed E-state index contributed by atoms with van der Waals surface area (Å²) in [4.78, 5) is 0. The maximum absolute atomic E-state index is 8.58. The largest absolute Gasteiger partial charge is 0.476 e. The average Bonchev–Trinajstić information content (AvgIpc) is 2.19. The molecule has 0 saturated carbocycles. The fourth-order valence-electron chi connectivity index (χ4n) is 1.16. The molecular weight excluding hydrogens is 176 g/mol. The zero-order valence-corrected chi connectivity index (χ0v) is 8.45. The normalized spacial score (nSPS) is 11.8. The fraction of sp³-hybridized carbons (Fsp3) is 0.364. The molecule has 3 heteroatoms. The summed E-state index contributed by atoms with van der Waals surface area (Å²) in [7, 11) is 1.89. The molecule has 1 unspecified atom stereocenters. The van der Waals surface area contributed by atoms with Crippen LogP contribution < -0.4 is 10.1 Å². The molecule has 3 nitrogen and oxygen atoms in total. The van der Waals surface area contributed by atoms with Crippen molar-refractivity contribution >= 4 is 0 Å². The number of nitrogens with one attached hydrogen (secondary N) is 1. The lowest BCUT2D eigenvalue weighted by molar-refractivity contribution is 0.276. The average molecular weight is 190 g/mol. The zero-order chi connectivity index (χ0) is 10.4. The Labute approximate surface area is 84.3 Å². The predicted molar refractivity (Wildman–Crippen MR) is 54.9 cm³/mol. The summed E-state index contributed by atoms with van der Waals surface area (Å²) >= 11 is 0. The Kier molecular flexibility index (Phi) is 3.96. The van der Waals surface area contributed by atoms with E-state index in [1.807, 2.05) is 37.4 Å². The molecular formula is C11H14N2O. The van der Waals surface area contributed by atoms with Crippen molar-refractivity contribution in [3.63, 3.8) is 0 Å². The summed E-state index contributed by atoms with van der Waals surface area (Å²) < 4.78 is 5.36. The van der Waals surface area contributed by atoms with Crippen molar-refractivity contribution in [1.29, 1.82) is 5.26 Å². The number of benzene rings is 1. The van der Waals surface area contributed by atoms with Gasteiger partial charge in [0.15, 0.2) is 6.10 Å². The van der Waals surface area contributed by atoms with Crippen LogP contribution in [0.4, 0.5) is 0 Å². The van der Waals surface area contributed by atoms with E-state index in [0.717, 1.165) is 17.9 Å². The highest BCUT2D eigenvalue weighted by atomic mass is 16.5. The first-order valence-electron chi connectivity index (χ1n) is 4.56. The van der Waals surface area contributed by atoms with Gasteiger partial charge in [-0.25, -0.2) is 0 Å². The first kappa shape index (κ1) is 10.6. The van der Waals surface area contributed by atoms with Crippen LogP contribution in [0.15, 0.2) is 24.3 Å². The number of ether oxygens (including phenoxy) is 1. The lowest BCUT2D eigenvalue weighted by Gasteiger charge is -2.08. The van der Waals surface area contributed by atoms with Gasteiger partial charge >= 0.3 is 0 Å². The van der Waals surface area contributed by atoms with Crippen molar-refractivity contribution in [2.45, 2.75) is 19.6 Å². The molecule has 0 radical (unpaired) electrons. The van der Waals surface area contributed by atoms with Crippen molar-refractivity contribution in [2.75, 3.05) is 7.05 Å². The van der Waals surface area contributed by atoms with Gasteiger partial charge in [0.05, 0.1) is 0 Å². The highest BCUT2D eigenvalue weighted by molar-refractivity contribution is 5.28. The minimum absolute atomic E-state index is 0.403. The molecule has 74 valence electrons. The van der Waals surface area contributed by atoms with E-state index in [2.05, 4.69) is 5.32 Å². The maximum atomic E-state index is 8.58. The summed E-state index contributed by atoms with van der Waals surface area (Å²) in [5, 5.41) is 11.6. The quantitative estimate of drug-likeness (QED) is 0.786. The zero-order valence-electron chi connectivity index (χ0n) is 8.45. The Bertz CT molecular complexity index is 330. The first-order chi connectivity index (χ1) is 6.76. The number of nitriles is 1. The van der Waals surface area contributed by atoms with Gasteiger partial charge in [-0.1, -0.05) is 12.1 Å². The van der Waals surface area contributed by atoms with E-state index in [4.69, 9.17) is 10.00 Å². The van der Waals surface area contributed by atoms with Crippen molar-refractivity contribution in [3.05, 3.63) is 29.8 Å². The van der Waals surface area contributed by atoms with E-state index in [1.165, 1.54) is 0 Å². The minimum Gasteiger partial charge on any atom is -0.476 e. The molecule has 0 aliphatic rings. The van der Waals surface area contributed by atoms with Crippen LogP contribution in [0.5, 0.6) is 5.75 Å². The molecule has 1 aromatic carbocycles. The van der Waals surface area contributed by atoms with Gasteiger partial charge in [-0.15, -0.1) is 0 Å². The van der Waals surface area contributed by atoms with Gasteiger partial charge in [0.2, 0.25) is 0 Å². The Balaban J connectivity index is 2.69. The lowest BCUT2D eigenvalue weighted by atomic mass is 10.2. The Morgan fingerprint density at radius 1 is 1.57 bits per heavy atom. The van der Waals surface area contributed by atoms with Crippen molar-refractivity contribution in [1.82, 2.24) is 5.32 Å². The second-order valence-electron chi connectivity index (χ2n) is 3.07. The SMILES string of the molecule is CNCc1cccc(OC(C)C#N)c1. The molecule has 0 amide bonds. The molecule has 0 fully saturated rings. The van der Waals surface area contributed by atoms with Crippen LogP contribution in [0.1, 0.15) is 12.5 Å². The topological polar surface area (TPSA) is 45.0 Å². The highest BCUT2D eigenvalue weighted by Gasteiger charge is 2.01. The van der Waals surface area contributed by atoms with Gasteiger partial charge in [0.1, 0.15) is 11.8 Å². The van der Waals surface area contributed by atoms with Crippen LogP contribution in [-0.2, 0) is 6.54 Å². The molecule has 0 saturated heterocycles. The second-order valence-corrected chi connectivity index (χ2v) is 3.07. The van der Waals surface area contributed by atoms with Crippen LogP contribution in [0.2, 0.25) is 0 Å². The summed E-state index contributed by atoms with van der Waals surface area (Å²) in [6.45, 7) is 2.53. The molecule has 0 heterocycles. The molecule has 0 bridgehead atoms. The van der Waals surface area contributed by atoms with Gasteiger partial charge < -0.3 is 10.1 Å². The van der Waals surface area contributed by atoms with Crippen LogP contribution in [0.25, 0.3) is 0 Å². The minimum atomic E-state index is -0.403. The lowest BCUT2D eigenvalue weighted by Crippen LogP contribution is -2.09. The van der Waals surface area contributed by atoms with Crippen LogP contribution >= 0.6 is 0 Å². The number of hydrogen-bond acceptors (Lipinski definition) is 3. The van der Waals surface area contributed by atoms with Crippen molar-refractivity contribution < 1.29 is 4.74 Å². The summed E-state index contributed by atoms with van der Waals surface area (Å²) in [6, 6.07) is 9.75. The summed E-state index contributed by atoms with van der Waals surface area (Å²) in [5.74, 6) is 0.742. The monoisotopic (exact) mass is 190 g/mol. The molecule has 1 aromatic rings. The maximum Gasteiger partial charge on any atom is 0.181 e. The van der Waals surface area contributed by atoms with Crippen molar-refractivity contribution in [3.8, 4) is 11.8 Å². The molecule has 0 spiro atoms. The summed E-state index contributed by atoms with van der Waals surface area (Å²) in [6.07, 6.45) is -0.403. The molecule has 1 atom stereocenters. The molecule has 0 aliphatic heterocycles. The van der Waals surface area contributed by atoms with E-state index >= 15 is 0 Å². The Morgan fingerprint density at radius 3 is 3.00 bits per heavy atom. The van der Waals surface area contributed by atoms with E-state index in [-0.39, 0.29) is 0 Å². The third-order valence-corrected chi connectivity index (χ3v) is 1.77.